The van der Waals surface area contributed by atoms with E-state index in [9.17, 15) is 19.5 Å². The molecule has 0 radical (unpaired) electrons. The van der Waals surface area contributed by atoms with Gasteiger partial charge in [-0.3, -0.25) is 14.4 Å². The number of rotatable bonds is 7. The van der Waals surface area contributed by atoms with Crippen LogP contribution in [0.25, 0.3) is 0 Å². The number of hydrogen-bond donors (Lipinski definition) is 1. The number of carbonyl (C=O) groups excluding carboxylic acids is 3. The van der Waals surface area contributed by atoms with Gasteiger partial charge in [-0.1, -0.05) is 48.0 Å². The molecule has 7 heteroatoms. The molecule has 0 spiro atoms. The second-order valence-electron chi connectivity index (χ2n) is 10.5. The van der Waals surface area contributed by atoms with Crippen molar-refractivity contribution in [2.75, 3.05) is 14.2 Å². The van der Waals surface area contributed by atoms with Gasteiger partial charge in [-0.05, 0) is 64.9 Å². The fourth-order valence-corrected chi connectivity index (χ4v) is 6.17. The molecule has 6 nitrogen and oxygen atoms in total. The molecule has 1 unspecified atom stereocenters. The Labute approximate surface area is 238 Å². The largest absolute Gasteiger partial charge is 0.512 e. The summed E-state index contributed by atoms with van der Waals surface area (Å²) in [6.45, 7) is 0. The number of aliphatic hydroxyl groups excluding tert-OH is 1. The van der Waals surface area contributed by atoms with Crippen LogP contribution in [0.3, 0.4) is 0 Å². The highest BCUT2D eigenvalue weighted by atomic mass is 35.5. The summed E-state index contributed by atoms with van der Waals surface area (Å²) < 4.78 is 10.5. The number of Topliss-reactive ketones (excluding diaryl/α,β-unsaturated/α-hetero) is 3. The number of ketones is 3. The Balaban J connectivity index is 1.48. The van der Waals surface area contributed by atoms with Crippen LogP contribution in [-0.2, 0) is 14.4 Å². The van der Waals surface area contributed by atoms with Crippen molar-refractivity contribution in [3.05, 3.63) is 106 Å². The van der Waals surface area contributed by atoms with Crippen molar-refractivity contribution in [1.82, 2.24) is 0 Å². The van der Waals surface area contributed by atoms with E-state index in [0.29, 0.717) is 22.1 Å². The Morgan fingerprint density at radius 2 is 1.18 bits per heavy atom. The van der Waals surface area contributed by atoms with Gasteiger partial charge in [0.15, 0.2) is 5.78 Å². The summed E-state index contributed by atoms with van der Waals surface area (Å²) in [5.74, 6) is -1.81. The summed E-state index contributed by atoms with van der Waals surface area (Å²) in [6, 6.07) is 21.6. The van der Waals surface area contributed by atoms with Crippen LogP contribution in [0.15, 0.2) is 84.1 Å². The first-order chi connectivity index (χ1) is 19.3. The second-order valence-corrected chi connectivity index (χ2v) is 10.9. The monoisotopic (exact) mass is 558 g/mol. The molecular weight excluding hydrogens is 528 g/mol. The minimum atomic E-state index is -1.06. The quantitative estimate of drug-likeness (QED) is 0.323. The predicted molar refractivity (Wildman–Crippen MR) is 152 cm³/mol. The van der Waals surface area contributed by atoms with E-state index in [0.717, 1.165) is 11.1 Å². The maximum Gasteiger partial charge on any atom is 0.163 e. The molecule has 2 aliphatic carbocycles. The van der Waals surface area contributed by atoms with Crippen LogP contribution in [0.4, 0.5) is 0 Å². The molecule has 3 aromatic rings. The van der Waals surface area contributed by atoms with Crippen molar-refractivity contribution in [2.45, 2.75) is 43.4 Å². The van der Waals surface area contributed by atoms with Crippen molar-refractivity contribution in [2.24, 2.45) is 5.92 Å². The lowest BCUT2D eigenvalue weighted by Gasteiger charge is -2.35. The fraction of sp³-hybridized carbons (Fsp3) is 0.303. The number of hydrogen-bond acceptors (Lipinski definition) is 6. The molecule has 0 bridgehead atoms. The number of halogens is 1. The third-order valence-electron chi connectivity index (χ3n) is 8.12. The van der Waals surface area contributed by atoms with Gasteiger partial charge in [0, 0.05) is 42.2 Å². The Kier molecular flexibility index (Phi) is 8.08. The van der Waals surface area contributed by atoms with E-state index < -0.39 is 11.8 Å². The maximum atomic E-state index is 13.7. The predicted octanol–water partition coefficient (Wildman–Crippen LogP) is 6.73. The van der Waals surface area contributed by atoms with E-state index >= 15 is 0 Å². The number of methoxy groups -OCH3 is 2. The molecule has 1 saturated carbocycles. The van der Waals surface area contributed by atoms with E-state index in [1.165, 1.54) is 0 Å². The van der Waals surface area contributed by atoms with Crippen LogP contribution in [0, 0.1) is 5.92 Å². The van der Waals surface area contributed by atoms with Crippen LogP contribution in [0.5, 0.6) is 11.5 Å². The highest BCUT2D eigenvalue weighted by Crippen LogP contribution is 2.46. The molecule has 1 N–H and O–H groups in total. The fourth-order valence-electron chi connectivity index (χ4n) is 6.05. The Morgan fingerprint density at radius 1 is 0.700 bits per heavy atom. The molecule has 2 aliphatic rings. The number of carbonyl (C=O) groups is 3. The van der Waals surface area contributed by atoms with Gasteiger partial charge in [0.2, 0.25) is 0 Å². The Bertz CT molecular complexity index is 1420. The van der Waals surface area contributed by atoms with Gasteiger partial charge >= 0.3 is 0 Å². The summed E-state index contributed by atoms with van der Waals surface area (Å²) in [5, 5.41) is 11.8. The van der Waals surface area contributed by atoms with Crippen molar-refractivity contribution in [3.63, 3.8) is 0 Å². The van der Waals surface area contributed by atoms with Crippen molar-refractivity contribution in [1.29, 1.82) is 0 Å². The summed E-state index contributed by atoms with van der Waals surface area (Å²) >= 11 is 6.14. The third kappa shape index (κ3) is 5.54. The van der Waals surface area contributed by atoms with Crippen LogP contribution < -0.4 is 9.47 Å². The molecule has 0 amide bonds. The minimum Gasteiger partial charge on any atom is -0.512 e. The van der Waals surface area contributed by atoms with Gasteiger partial charge in [0.1, 0.15) is 28.8 Å². The molecule has 0 aromatic heterocycles. The molecule has 1 fully saturated rings. The van der Waals surface area contributed by atoms with Crippen LogP contribution in [0.1, 0.15) is 60.1 Å². The topological polar surface area (TPSA) is 89.9 Å². The Hall–Kier alpha value is -3.90. The van der Waals surface area contributed by atoms with E-state index in [1.807, 2.05) is 48.5 Å². The molecule has 5 rings (SSSR count). The average Bonchev–Trinajstić information content (AvgIpc) is 2.96. The van der Waals surface area contributed by atoms with Crippen molar-refractivity contribution < 1.29 is 29.0 Å². The maximum absolute atomic E-state index is 13.7. The number of aliphatic hydroxyl groups is 1. The highest BCUT2D eigenvalue weighted by molar-refractivity contribution is 6.30. The minimum absolute atomic E-state index is 0.0742. The zero-order valence-corrected chi connectivity index (χ0v) is 23.2. The standard InChI is InChI=1S/C33H31ClO6/c1-39-25-11-5-19(6-12-25)22-15-27(35)32(28(36)16-22)31(21-3-9-24(34)10-4-21)33-29(37)17-23(18-30(33)38)20-7-13-26(40-2)14-8-20/h3-14,22-23,31-32,37H,15-18H2,1-2H3/t22?,23?,31-,32?/m0/s1. The van der Waals surface area contributed by atoms with Crippen LogP contribution >= 0.6 is 11.6 Å². The summed E-state index contributed by atoms with van der Waals surface area (Å²) in [5.41, 5.74) is 2.57. The summed E-state index contributed by atoms with van der Waals surface area (Å²) in [6.07, 6.45) is 0.744. The number of ether oxygens (including phenoxy) is 2. The second kappa shape index (κ2) is 11.7. The first-order valence-electron chi connectivity index (χ1n) is 13.3. The zero-order valence-electron chi connectivity index (χ0n) is 22.4. The lowest BCUT2D eigenvalue weighted by molar-refractivity contribution is -0.136. The smallest absolute Gasteiger partial charge is 0.163 e. The lowest BCUT2D eigenvalue weighted by Crippen LogP contribution is -2.39. The van der Waals surface area contributed by atoms with E-state index in [1.54, 1.807) is 38.5 Å². The van der Waals surface area contributed by atoms with Gasteiger partial charge in [-0.2, -0.15) is 0 Å². The normalized spacial score (nSPS) is 22.3. The molecule has 0 aliphatic heterocycles. The van der Waals surface area contributed by atoms with E-state index in [-0.39, 0.29) is 66.2 Å². The van der Waals surface area contributed by atoms with Gasteiger partial charge in [0.25, 0.3) is 0 Å². The highest BCUT2D eigenvalue weighted by Gasteiger charge is 2.46. The molecule has 3 aromatic carbocycles. The van der Waals surface area contributed by atoms with Crippen molar-refractivity contribution in [3.8, 4) is 11.5 Å². The van der Waals surface area contributed by atoms with Crippen LogP contribution in [-0.4, -0.2) is 36.7 Å². The van der Waals surface area contributed by atoms with Crippen LogP contribution in [0.2, 0.25) is 5.02 Å². The molecule has 0 saturated heterocycles. The first-order valence-corrected chi connectivity index (χ1v) is 13.7. The molecule has 0 heterocycles. The van der Waals surface area contributed by atoms with E-state index in [4.69, 9.17) is 21.1 Å². The summed E-state index contributed by atoms with van der Waals surface area (Å²) in [4.78, 5) is 41.1. The van der Waals surface area contributed by atoms with Gasteiger partial charge in [-0.15, -0.1) is 0 Å². The zero-order chi connectivity index (χ0) is 28.4. The molecule has 206 valence electrons. The van der Waals surface area contributed by atoms with Gasteiger partial charge in [-0.25, -0.2) is 0 Å². The molecule has 40 heavy (non-hydrogen) atoms. The van der Waals surface area contributed by atoms with Gasteiger partial charge in [0.05, 0.1) is 20.1 Å². The van der Waals surface area contributed by atoms with Gasteiger partial charge < -0.3 is 14.6 Å². The van der Waals surface area contributed by atoms with Crippen molar-refractivity contribution >= 4 is 29.0 Å². The third-order valence-corrected chi connectivity index (χ3v) is 8.37. The average molecular weight is 559 g/mol. The number of allylic oxidation sites excluding steroid dienone is 2. The van der Waals surface area contributed by atoms with E-state index in [2.05, 4.69) is 0 Å². The lowest BCUT2D eigenvalue weighted by atomic mass is 9.65. The Morgan fingerprint density at radius 3 is 1.62 bits per heavy atom. The molecular formula is C33H31ClO6. The number of benzene rings is 3. The first kappa shape index (κ1) is 27.7. The molecule has 2 atom stereocenters. The summed E-state index contributed by atoms with van der Waals surface area (Å²) in [7, 11) is 3.17. The SMILES string of the molecule is COc1ccc(C2CC(=O)C([C@@H](C3=C(O)CC(c4ccc(OC)cc4)CC3=O)c3ccc(Cl)cc3)C(=O)C2)cc1.